The third-order valence-corrected chi connectivity index (χ3v) is 3.03. The number of imidazole rings is 1. The quantitative estimate of drug-likeness (QED) is 0.736. The highest BCUT2D eigenvalue weighted by molar-refractivity contribution is 7.89. The van der Waals surface area contributed by atoms with Crippen LogP contribution in [-0.4, -0.2) is 24.4 Å². The summed E-state index contributed by atoms with van der Waals surface area (Å²) >= 11 is 0. The van der Waals surface area contributed by atoms with Gasteiger partial charge in [-0.3, -0.25) is 0 Å². The van der Waals surface area contributed by atoms with Crippen LogP contribution in [0.25, 0.3) is 0 Å². The first-order chi connectivity index (χ1) is 6.56. The van der Waals surface area contributed by atoms with Crippen molar-refractivity contribution in [1.29, 1.82) is 5.26 Å². The highest BCUT2D eigenvalue weighted by atomic mass is 32.2. The summed E-state index contributed by atoms with van der Waals surface area (Å²) in [6.07, 6.45) is 2.62. The Bertz CT molecular complexity index is 417. The number of nitrogens with one attached hydrogen (secondary N) is 2. The molecule has 1 atom stereocenters. The van der Waals surface area contributed by atoms with Crippen LogP contribution >= 0.6 is 0 Å². The molecule has 6 nitrogen and oxygen atoms in total. The molecule has 0 fully saturated rings. The Morgan fingerprint density at radius 3 is 3.00 bits per heavy atom. The predicted molar refractivity (Wildman–Crippen MR) is 48.6 cm³/mol. The van der Waals surface area contributed by atoms with Crippen LogP contribution in [-0.2, 0) is 10.0 Å². The number of rotatable bonds is 4. The molecule has 0 spiro atoms. The molecule has 0 aromatic carbocycles. The second-order valence-corrected chi connectivity index (χ2v) is 4.48. The van der Waals surface area contributed by atoms with Crippen molar-refractivity contribution in [3.63, 3.8) is 0 Å². The summed E-state index contributed by atoms with van der Waals surface area (Å²) in [4.78, 5) is 6.08. The summed E-state index contributed by atoms with van der Waals surface area (Å²) in [5.41, 5.74) is 0. The normalized spacial score (nSPS) is 13.4. The van der Waals surface area contributed by atoms with E-state index in [2.05, 4.69) is 14.7 Å². The lowest BCUT2D eigenvalue weighted by Gasteiger charge is -2.08. The van der Waals surface area contributed by atoms with E-state index in [1.165, 1.54) is 12.5 Å². The molecule has 1 aromatic rings. The van der Waals surface area contributed by atoms with Gasteiger partial charge in [-0.15, -0.1) is 0 Å². The lowest BCUT2D eigenvalue weighted by atomic mass is 10.3. The molecule has 1 aromatic heterocycles. The van der Waals surface area contributed by atoms with Crippen molar-refractivity contribution in [2.24, 2.45) is 0 Å². The Kier molecular flexibility index (Phi) is 3.22. The molecule has 0 bridgehead atoms. The monoisotopic (exact) mass is 214 g/mol. The molecule has 0 aliphatic carbocycles. The van der Waals surface area contributed by atoms with Gasteiger partial charge in [0.2, 0.25) is 0 Å². The molecule has 0 saturated heterocycles. The topological polar surface area (TPSA) is 98.6 Å². The first-order valence-electron chi connectivity index (χ1n) is 3.94. The minimum atomic E-state index is -3.56. The van der Waals surface area contributed by atoms with Crippen LogP contribution in [0.1, 0.15) is 13.3 Å². The molecule has 1 heterocycles. The van der Waals surface area contributed by atoms with Gasteiger partial charge in [-0.25, -0.2) is 18.1 Å². The molecular formula is C7H10N4O2S. The van der Waals surface area contributed by atoms with Crippen LogP contribution in [0.3, 0.4) is 0 Å². The van der Waals surface area contributed by atoms with Crippen LogP contribution < -0.4 is 4.72 Å². The van der Waals surface area contributed by atoms with Crippen molar-refractivity contribution in [2.45, 2.75) is 24.4 Å². The van der Waals surface area contributed by atoms with Gasteiger partial charge in [0.1, 0.15) is 0 Å². The lowest BCUT2D eigenvalue weighted by Crippen LogP contribution is -2.32. The Labute approximate surface area is 82.0 Å². The van der Waals surface area contributed by atoms with Gasteiger partial charge >= 0.3 is 0 Å². The average Bonchev–Trinajstić information content (AvgIpc) is 2.54. The zero-order chi connectivity index (χ0) is 10.6. The van der Waals surface area contributed by atoms with Crippen molar-refractivity contribution in [3.05, 3.63) is 12.5 Å². The number of aromatic nitrogens is 2. The Balaban J connectivity index is 2.74. The van der Waals surface area contributed by atoms with Crippen molar-refractivity contribution in [2.75, 3.05) is 0 Å². The fourth-order valence-electron chi connectivity index (χ4n) is 0.897. The summed E-state index contributed by atoms with van der Waals surface area (Å²) in [6, 6.07) is 1.47. The molecule has 0 aliphatic heterocycles. The number of hydrogen-bond donors (Lipinski definition) is 2. The van der Waals surface area contributed by atoms with Gasteiger partial charge in [0.15, 0.2) is 5.03 Å². The predicted octanol–water partition coefficient (Wildman–Crippen LogP) is -0.00982. The second-order valence-electron chi connectivity index (χ2n) is 2.80. The van der Waals surface area contributed by atoms with E-state index in [9.17, 15) is 8.42 Å². The molecule has 0 amide bonds. The Morgan fingerprint density at radius 2 is 2.50 bits per heavy atom. The zero-order valence-electron chi connectivity index (χ0n) is 7.56. The highest BCUT2D eigenvalue weighted by Crippen LogP contribution is 2.03. The Hall–Kier alpha value is -1.39. The fraction of sp³-hybridized carbons (Fsp3) is 0.429. The van der Waals surface area contributed by atoms with E-state index in [4.69, 9.17) is 5.26 Å². The summed E-state index contributed by atoms with van der Waals surface area (Å²) in [7, 11) is -3.56. The molecule has 7 heteroatoms. The molecule has 0 aliphatic rings. The third kappa shape index (κ3) is 2.55. The number of aromatic amines is 1. The van der Waals surface area contributed by atoms with Crippen LogP contribution in [0.15, 0.2) is 17.6 Å². The zero-order valence-corrected chi connectivity index (χ0v) is 8.37. The molecule has 2 N–H and O–H groups in total. The molecule has 14 heavy (non-hydrogen) atoms. The largest absolute Gasteiger partial charge is 0.335 e. The number of nitriles is 1. The van der Waals surface area contributed by atoms with Gasteiger partial charge in [0.25, 0.3) is 10.0 Å². The maximum absolute atomic E-state index is 11.5. The molecule has 1 rings (SSSR count). The molecule has 76 valence electrons. The Morgan fingerprint density at radius 1 is 1.79 bits per heavy atom. The van der Waals surface area contributed by atoms with Crippen LogP contribution in [0.4, 0.5) is 0 Å². The summed E-state index contributed by atoms with van der Waals surface area (Å²) in [5, 5.41) is 8.36. The fourth-order valence-corrected chi connectivity index (χ4v) is 2.04. The summed E-state index contributed by atoms with van der Waals surface area (Å²) in [5.74, 6) is 0. The van der Waals surface area contributed by atoms with Crippen molar-refractivity contribution >= 4 is 10.0 Å². The van der Waals surface area contributed by atoms with Crippen LogP contribution in [0, 0.1) is 11.3 Å². The number of hydrogen-bond acceptors (Lipinski definition) is 4. The van der Waals surface area contributed by atoms with Crippen LogP contribution in [0.2, 0.25) is 0 Å². The first-order valence-corrected chi connectivity index (χ1v) is 5.42. The van der Waals surface area contributed by atoms with E-state index in [0.717, 1.165) is 0 Å². The minimum Gasteiger partial charge on any atom is -0.335 e. The summed E-state index contributed by atoms with van der Waals surface area (Å²) < 4.78 is 25.3. The van der Waals surface area contributed by atoms with E-state index >= 15 is 0 Å². The van der Waals surface area contributed by atoms with Crippen molar-refractivity contribution in [1.82, 2.24) is 14.7 Å². The van der Waals surface area contributed by atoms with Crippen LogP contribution in [0.5, 0.6) is 0 Å². The molecule has 1 unspecified atom stereocenters. The smallest absolute Gasteiger partial charge is 0.257 e. The van der Waals surface area contributed by atoms with Gasteiger partial charge in [0, 0.05) is 6.04 Å². The molecular weight excluding hydrogens is 204 g/mol. The van der Waals surface area contributed by atoms with E-state index in [-0.39, 0.29) is 11.4 Å². The first kappa shape index (κ1) is 10.7. The second kappa shape index (κ2) is 4.21. The number of nitrogens with zero attached hydrogens (tertiary/aromatic N) is 2. The molecule has 0 radical (unpaired) electrons. The van der Waals surface area contributed by atoms with E-state index in [1.54, 1.807) is 6.92 Å². The van der Waals surface area contributed by atoms with Gasteiger partial charge in [-0.05, 0) is 6.92 Å². The van der Waals surface area contributed by atoms with E-state index in [1.807, 2.05) is 6.07 Å². The minimum absolute atomic E-state index is 0.00212. The van der Waals surface area contributed by atoms with Crippen molar-refractivity contribution < 1.29 is 8.42 Å². The maximum Gasteiger partial charge on any atom is 0.257 e. The average molecular weight is 214 g/mol. The standard InChI is InChI=1S/C7H10N4O2S/c1-6(2-3-8)11-14(12,13)7-4-9-5-10-7/h4-6,11H,2H2,1H3,(H,9,10). The van der Waals surface area contributed by atoms with E-state index < -0.39 is 16.1 Å². The van der Waals surface area contributed by atoms with E-state index in [0.29, 0.717) is 0 Å². The number of sulfonamides is 1. The van der Waals surface area contributed by atoms with Gasteiger partial charge in [0.05, 0.1) is 25.0 Å². The maximum atomic E-state index is 11.5. The van der Waals surface area contributed by atoms with Gasteiger partial charge in [-0.2, -0.15) is 5.26 Å². The van der Waals surface area contributed by atoms with Gasteiger partial charge < -0.3 is 4.98 Å². The third-order valence-electron chi connectivity index (χ3n) is 1.52. The molecule has 0 saturated carbocycles. The van der Waals surface area contributed by atoms with Crippen molar-refractivity contribution in [3.8, 4) is 6.07 Å². The summed E-state index contributed by atoms with van der Waals surface area (Å²) in [6.45, 7) is 1.62. The number of H-pyrrole nitrogens is 1. The highest BCUT2D eigenvalue weighted by Gasteiger charge is 2.17. The lowest BCUT2D eigenvalue weighted by molar-refractivity contribution is 0.560. The van der Waals surface area contributed by atoms with Gasteiger partial charge in [-0.1, -0.05) is 0 Å². The SMILES string of the molecule is CC(CC#N)NS(=O)(=O)c1cnc[nH]1.